The van der Waals surface area contributed by atoms with Gasteiger partial charge in [0.1, 0.15) is 11.3 Å². The number of hydrogen-bond acceptors (Lipinski definition) is 4. The van der Waals surface area contributed by atoms with Gasteiger partial charge in [-0.1, -0.05) is 12.1 Å². The average molecular weight is 348 g/mol. The molecule has 0 fully saturated rings. The zero-order valence-electron chi connectivity index (χ0n) is 14.2. The first kappa shape index (κ1) is 15.9. The van der Waals surface area contributed by atoms with Crippen molar-refractivity contribution in [3.63, 3.8) is 0 Å². The van der Waals surface area contributed by atoms with Crippen molar-refractivity contribution in [2.75, 3.05) is 0 Å². The fraction of sp³-hybridized carbons (Fsp3) is 0.105. The van der Waals surface area contributed by atoms with Crippen LogP contribution in [-0.2, 0) is 0 Å². The summed E-state index contributed by atoms with van der Waals surface area (Å²) in [6.45, 7) is 3.84. The van der Waals surface area contributed by atoms with Crippen LogP contribution in [-0.4, -0.2) is 10.5 Å². The summed E-state index contributed by atoms with van der Waals surface area (Å²) in [5, 5.41) is 0.805. The van der Waals surface area contributed by atoms with Gasteiger partial charge in [0.25, 0.3) is 5.56 Å². The standard InChI is InChI=1S/C19H16N4O3/c1-9-6-10(2)8-11(7-9)23-16-15(22-19(20)21)14-12(17(23)24)4-3-5-13(14)26-18(16)25/h3-8H,1-2H3,(H4,20,21,22). The Balaban J connectivity index is 2.32. The molecular weight excluding hydrogens is 332 g/mol. The highest BCUT2D eigenvalue weighted by molar-refractivity contribution is 6.09. The summed E-state index contributed by atoms with van der Waals surface area (Å²) < 4.78 is 6.72. The molecule has 0 saturated heterocycles. The number of aliphatic imine (C=N–C) groups is 1. The van der Waals surface area contributed by atoms with Crippen LogP contribution in [0.4, 0.5) is 5.69 Å². The molecular formula is C19H16N4O3. The molecule has 0 unspecified atom stereocenters. The highest BCUT2D eigenvalue weighted by Crippen LogP contribution is 2.33. The molecule has 0 amide bonds. The van der Waals surface area contributed by atoms with Gasteiger partial charge in [0.2, 0.25) is 0 Å². The number of rotatable bonds is 2. The molecule has 0 saturated carbocycles. The Morgan fingerprint density at radius 1 is 1.08 bits per heavy atom. The van der Waals surface area contributed by atoms with Gasteiger partial charge in [-0.3, -0.25) is 9.36 Å². The molecule has 0 radical (unpaired) electrons. The van der Waals surface area contributed by atoms with E-state index in [9.17, 15) is 9.59 Å². The van der Waals surface area contributed by atoms with Crippen molar-refractivity contribution < 1.29 is 4.42 Å². The van der Waals surface area contributed by atoms with Gasteiger partial charge in [-0.15, -0.1) is 0 Å². The van der Waals surface area contributed by atoms with Crippen LogP contribution in [0.15, 0.2) is 55.4 Å². The number of hydrogen-bond donors (Lipinski definition) is 2. The summed E-state index contributed by atoms with van der Waals surface area (Å²) in [4.78, 5) is 30.0. The van der Waals surface area contributed by atoms with Crippen LogP contribution < -0.4 is 22.7 Å². The average Bonchev–Trinajstić information content (AvgIpc) is 2.55. The van der Waals surface area contributed by atoms with E-state index in [1.807, 2.05) is 32.0 Å². The van der Waals surface area contributed by atoms with E-state index in [2.05, 4.69) is 4.99 Å². The van der Waals surface area contributed by atoms with Gasteiger partial charge in [-0.2, -0.15) is 0 Å². The third kappa shape index (κ3) is 2.25. The first-order valence-electron chi connectivity index (χ1n) is 7.99. The largest absolute Gasteiger partial charge is 0.421 e. The van der Waals surface area contributed by atoms with E-state index in [0.29, 0.717) is 16.5 Å². The third-order valence-corrected chi connectivity index (χ3v) is 4.25. The molecule has 0 atom stereocenters. The van der Waals surface area contributed by atoms with Gasteiger partial charge >= 0.3 is 5.63 Å². The van der Waals surface area contributed by atoms with Gasteiger partial charge in [-0.25, -0.2) is 9.79 Å². The van der Waals surface area contributed by atoms with E-state index in [4.69, 9.17) is 15.9 Å². The predicted molar refractivity (Wildman–Crippen MR) is 102 cm³/mol. The van der Waals surface area contributed by atoms with Crippen LogP contribution in [0.1, 0.15) is 11.1 Å². The lowest BCUT2D eigenvalue weighted by atomic mass is 10.1. The van der Waals surface area contributed by atoms with Crippen LogP contribution >= 0.6 is 0 Å². The molecule has 2 heterocycles. The molecule has 0 aliphatic heterocycles. The number of aryl methyl sites for hydroxylation is 2. The molecule has 2 bridgehead atoms. The Morgan fingerprint density at radius 3 is 2.42 bits per heavy atom. The lowest BCUT2D eigenvalue weighted by molar-refractivity contribution is 0.564. The van der Waals surface area contributed by atoms with E-state index in [1.165, 1.54) is 4.57 Å². The zero-order chi connectivity index (χ0) is 18.6. The maximum absolute atomic E-state index is 13.2. The molecule has 0 aliphatic carbocycles. The summed E-state index contributed by atoms with van der Waals surface area (Å²) >= 11 is 0. The second-order valence-corrected chi connectivity index (χ2v) is 6.29. The SMILES string of the molecule is Cc1cc(C)cc(-n2c(=O)c3cccc4oc(=O)c2c(N=C(N)N)c43)c1. The van der Waals surface area contributed by atoms with Crippen LogP contribution in [0.2, 0.25) is 0 Å². The predicted octanol–water partition coefficient (Wildman–Crippen LogP) is 2.06. The number of fused-ring (bicyclic) bond motifs is 1. The lowest BCUT2D eigenvalue weighted by Crippen LogP contribution is -2.26. The van der Waals surface area contributed by atoms with Crippen molar-refractivity contribution in [2.24, 2.45) is 16.5 Å². The molecule has 2 aromatic heterocycles. The molecule has 26 heavy (non-hydrogen) atoms. The topological polar surface area (TPSA) is 117 Å². The maximum atomic E-state index is 13.2. The zero-order valence-corrected chi connectivity index (χ0v) is 14.2. The molecule has 7 nitrogen and oxygen atoms in total. The molecule has 4 N–H and O–H groups in total. The summed E-state index contributed by atoms with van der Waals surface area (Å²) in [5.41, 5.74) is 13.1. The Kier molecular flexibility index (Phi) is 3.33. The van der Waals surface area contributed by atoms with Crippen LogP contribution in [0.5, 0.6) is 0 Å². The van der Waals surface area contributed by atoms with Crippen molar-refractivity contribution in [3.8, 4) is 5.69 Å². The number of aromatic nitrogens is 1. The van der Waals surface area contributed by atoms with E-state index in [1.54, 1.807) is 18.2 Å². The Labute approximate surface area is 147 Å². The first-order valence-corrected chi connectivity index (χ1v) is 7.99. The summed E-state index contributed by atoms with van der Waals surface area (Å²) in [7, 11) is 0. The number of nitrogens with zero attached hydrogens (tertiary/aromatic N) is 2. The maximum Gasteiger partial charge on any atom is 0.363 e. The van der Waals surface area contributed by atoms with Gasteiger partial charge in [0, 0.05) is 0 Å². The summed E-state index contributed by atoms with van der Waals surface area (Å²) in [5.74, 6) is -0.206. The van der Waals surface area contributed by atoms with E-state index < -0.39 is 5.63 Å². The fourth-order valence-electron chi connectivity index (χ4n) is 3.39. The van der Waals surface area contributed by atoms with Crippen LogP contribution in [0.25, 0.3) is 27.6 Å². The van der Waals surface area contributed by atoms with Gasteiger partial charge in [0.05, 0.1) is 16.5 Å². The highest BCUT2D eigenvalue weighted by atomic mass is 16.4. The van der Waals surface area contributed by atoms with Crippen molar-refractivity contribution >= 4 is 33.5 Å². The third-order valence-electron chi connectivity index (χ3n) is 4.25. The second kappa shape index (κ2) is 5.45. The molecule has 2 aromatic carbocycles. The van der Waals surface area contributed by atoms with Crippen LogP contribution in [0.3, 0.4) is 0 Å². The van der Waals surface area contributed by atoms with Crippen LogP contribution in [0, 0.1) is 13.8 Å². The van der Waals surface area contributed by atoms with Gasteiger partial charge < -0.3 is 15.9 Å². The van der Waals surface area contributed by atoms with Crippen molar-refractivity contribution in [3.05, 3.63) is 68.3 Å². The van der Waals surface area contributed by atoms with Crippen molar-refractivity contribution in [2.45, 2.75) is 13.8 Å². The van der Waals surface area contributed by atoms with Crippen molar-refractivity contribution in [1.82, 2.24) is 4.57 Å². The molecule has 4 aromatic rings. The summed E-state index contributed by atoms with van der Waals surface area (Å²) in [6, 6.07) is 10.5. The number of nitrogens with two attached hydrogens (primary N) is 2. The van der Waals surface area contributed by atoms with Crippen molar-refractivity contribution in [1.29, 1.82) is 0 Å². The fourth-order valence-corrected chi connectivity index (χ4v) is 3.39. The smallest absolute Gasteiger partial charge is 0.363 e. The minimum absolute atomic E-state index is 0.0135. The van der Waals surface area contributed by atoms with Gasteiger partial charge in [-0.05, 0) is 49.2 Å². The molecule has 130 valence electrons. The quantitative estimate of drug-likeness (QED) is 0.327. The number of pyridine rings is 1. The molecule has 7 heteroatoms. The summed E-state index contributed by atoms with van der Waals surface area (Å²) in [6.07, 6.45) is 0. The first-order chi connectivity index (χ1) is 12.4. The van der Waals surface area contributed by atoms with Gasteiger partial charge in [0.15, 0.2) is 11.5 Å². The normalized spacial score (nSPS) is 11.3. The monoisotopic (exact) mass is 348 g/mol. The minimum atomic E-state index is -0.679. The Bertz CT molecular complexity index is 1290. The Morgan fingerprint density at radius 2 is 1.77 bits per heavy atom. The minimum Gasteiger partial charge on any atom is -0.421 e. The second-order valence-electron chi connectivity index (χ2n) is 6.29. The Hall–Kier alpha value is -3.61. The van der Waals surface area contributed by atoms with E-state index in [-0.39, 0.29) is 28.3 Å². The highest BCUT2D eigenvalue weighted by Gasteiger charge is 2.22. The van der Waals surface area contributed by atoms with E-state index >= 15 is 0 Å². The molecule has 0 aliphatic rings. The molecule has 0 spiro atoms. The lowest BCUT2D eigenvalue weighted by Gasteiger charge is -2.15. The molecule has 4 rings (SSSR count). The van der Waals surface area contributed by atoms with E-state index in [0.717, 1.165) is 11.1 Å². The number of guanidine groups is 1. The number of benzene rings is 2.